The van der Waals surface area contributed by atoms with Gasteiger partial charge in [-0.05, 0) is 78.0 Å². The SMILES string of the molecule is CCOc1ccc(C(=O)Nc2ccc3oc(-c4cccc(I)c4)nc3c2)cc1[N+](=O)[O-]. The summed E-state index contributed by atoms with van der Waals surface area (Å²) in [4.78, 5) is 27.9. The van der Waals surface area contributed by atoms with E-state index < -0.39 is 10.8 Å². The van der Waals surface area contributed by atoms with Crippen molar-refractivity contribution in [3.63, 3.8) is 0 Å². The van der Waals surface area contributed by atoms with E-state index in [4.69, 9.17) is 9.15 Å². The summed E-state index contributed by atoms with van der Waals surface area (Å²) in [6, 6.07) is 17.0. The molecule has 0 spiro atoms. The third-order valence-corrected chi connectivity index (χ3v) is 5.11. The van der Waals surface area contributed by atoms with Crippen LogP contribution in [0.5, 0.6) is 5.75 Å². The van der Waals surface area contributed by atoms with Crippen LogP contribution in [0.15, 0.2) is 65.1 Å². The molecule has 31 heavy (non-hydrogen) atoms. The second-order valence-corrected chi connectivity index (χ2v) is 7.78. The van der Waals surface area contributed by atoms with Crippen molar-refractivity contribution < 1.29 is 18.9 Å². The molecule has 1 amide bonds. The molecule has 4 rings (SSSR count). The fourth-order valence-corrected chi connectivity index (χ4v) is 3.58. The number of hydrogen-bond acceptors (Lipinski definition) is 6. The van der Waals surface area contributed by atoms with Crippen molar-refractivity contribution in [2.45, 2.75) is 6.92 Å². The third-order valence-electron chi connectivity index (χ3n) is 4.43. The first-order chi connectivity index (χ1) is 14.9. The number of anilines is 1. The lowest BCUT2D eigenvalue weighted by Gasteiger charge is -2.07. The molecule has 9 heteroatoms. The molecule has 4 aromatic rings. The van der Waals surface area contributed by atoms with Crippen LogP contribution in [0.25, 0.3) is 22.6 Å². The number of oxazole rings is 1. The summed E-state index contributed by atoms with van der Waals surface area (Å²) in [7, 11) is 0. The Bertz CT molecular complexity index is 1300. The van der Waals surface area contributed by atoms with Crippen molar-refractivity contribution >= 4 is 51.0 Å². The summed E-state index contributed by atoms with van der Waals surface area (Å²) in [6.45, 7) is 2.02. The van der Waals surface area contributed by atoms with E-state index in [1.807, 2.05) is 24.3 Å². The van der Waals surface area contributed by atoms with Gasteiger partial charge in [-0.2, -0.15) is 0 Å². The summed E-state index contributed by atoms with van der Waals surface area (Å²) in [5.41, 5.74) is 2.42. The molecule has 156 valence electrons. The number of rotatable bonds is 6. The van der Waals surface area contributed by atoms with Gasteiger partial charge in [-0.15, -0.1) is 0 Å². The Morgan fingerprint density at radius 1 is 1.19 bits per heavy atom. The number of halogens is 1. The molecule has 0 aliphatic carbocycles. The number of nitro groups is 1. The van der Waals surface area contributed by atoms with Crippen LogP contribution in [-0.2, 0) is 0 Å². The summed E-state index contributed by atoms with van der Waals surface area (Å²) >= 11 is 2.22. The molecule has 0 saturated heterocycles. The van der Waals surface area contributed by atoms with Crippen LogP contribution in [0.4, 0.5) is 11.4 Å². The fourth-order valence-electron chi connectivity index (χ4n) is 3.03. The molecule has 0 saturated carbocycles. The second-order valence-electron chi connectivity index (χ2n) is 6.54. The molecule has 3 aromatic carbocycles. The molecule has 1 heterocycles. The predicted molar refractivity (Wildman–Crippen MR) is 124 cm³/mol. The number of nitro benzene ring substituents is 1. The van der Waals surface area contributed by atoms with E-state index in [0.717, 1.165) is 9.13 Å². The number of nitrogens with one attached hydrogen (secondary N) is 1. The Balaban J connectivity index is 1.59. The number of amides is 1. The molecule has 0 unspecified atom stereocenters. The molecule has 0 aliphatic heterocycles. The van der Waals surface area contributed by atoms with E-state index >= 15 is 0 Å². The van der Waals surface area contributed by atoms with Gasteiger partial charge in [-0.25, -0.2) is 4.98 Å². The van der Waals surface area contributed by atoms with Gasteiger partial charge in [0, 0.05) is 26.5 Å². The highest BCUT2D eigenvalue weighted by Gasteiger charge is 2.19. The molecule has 1 N–H and O–H groups in total. The second kappa shape index (κ2) is 8.72. The maximum absolute atomic E-state index is 12.6. The molecule has 0 bridgehead atoms. The number of nitrogens with zero attached hydrogens (tertiary/aromatic N) is 2. The van der Waals surface area contributed by atoms with Crippen molar-refractivity contribution in [3.8, 4) is 17.2 Å². The minimum atomic E-state index is -0.574. The van der Waals surface area contributed by atoms with Gasteiger partial charge in [0.2, 0.25) is 5.89 Å². The van der Waals surface area contributed by atoms with Crippen molar-refractivity contribution in [1.82, 2.24) is 4.98 Å². The highest BCUT2D eigenvalue weighted by atomic mass is 127. The molecule has 1 aromatic heterocycles. The maximum Gasteiger partial charge on any atom is 0.311 e. The number of fused-ring (bicyclic) bond motifs is 1. The van der Waals surface area contributed by atoms with Crippen LogP contribution in [-0.4, -0.2) is 22.4 Å². The fraction of sp³-hybridized carbons (Fsp3) is 0.0909. The Morgan fingerprint density at radius 2 is 2.03 bits per heavy atom. The van der Waals surface area contributed by atoms with Crippen molar-refractivity contribution in [3.05, 3.63) is 79.9 Å². The molecule has 0 radical (unpaired) electrons. The standard InChI is InChI=1S/C22H16IN3O5/c1-2-30-20-8-6-13(11-18(20)26(28)29)21(27)24-16-7-9-19-17(12-16)25-22(31-19)14-4-3-5-15(23)10-14/h3-12H,2H2,1H3,(H,24,27). The molecule has 0 aliphatic rings. The maximum atomic E-state index is 12.6. The summed E-state index contributed by atoms with van der Waals surface area (Å²) in [5.74, 6) is 0.127. The topological polar surface area (TPSA) is 108 Å². The monoisotopic (exact) mass is 529 g/mol. The molecule has 0 fully saturated rings. The molecule has 8 nitrogen and oxygen atoms in total. The lowest BCUT2D eigenvalue weighted by Crippen LogP contribution is -2.12. The van der Waals surface area contributed by atoms with E-state index in [0.29, 0.717) is 22.7 Å². The first-order valence-electron chi connectivity index (χ1n) is 9.33. The summed E-state index contributed by atoms with van der Waals surface area (Å²) < 4.78 is 12.1. The Hall–Kier alpha value is -3.47. The zero-order valence-corrected chi connectivity index (χ0v) is 18.5. The quantitative estimate of drug-likeness (QED) is 0.196. The Labute approximate surface area is 190 Å². The van der Waals surface area contributed by atoms with E-state index in [2.05, 4.69) is 32.9 Å². The van der Waals surface area contributed by atoms with Crippen LogP contribution in [0.3, 0.4) is 0 Å². The highest BCUT2D eigenvalue weighted by Crippen LogP contribution is 2.29. The van der Waals surface area contributed by atoms with Gasteiger partial charge in [-0.1, -0.05) is 6.07 Å². The zero-order chi connectivity index (χ0) is 22.0. The van der Waals surface area contributed by atoms with E-state index in [1.54, 1.807) is 25.1 Å². The minimum Gasteiger partial charge on any atom is -0.487 e. The third kappa shape index (κ3) is 4.50. The van der Waals surface area contributed by atoms with E-state index in [-0.39, 0.29) is 23.6 Å². The van der Waals surface area contributed by atoms with Crippen molar-refractivity contribution in [2.75, 3.05) is 11.9 Å². The number of benzene rings is 3. The summed E-state index contributed by atoms with van der Waals surface area (Å²) in [6.07, 6.45) is 0. The number of ether oxygens (including phenoxy) is 1. The van der Waals surface area contributed by atoms with Gasteiger partial charge in [0.15, 0.2) is 11.3 Å². The smallest absolute Gasteiger partial charge is 0.311 e. The van der Waals surface area contributed by atoms with Gasteiger partial charge < -0.3 is 14.5 Å². The first kappa shape index (κ1) is 20.8. The lowest BCUT2D eigenvalue weighted by atomic mass is 10.1. The van der Waals surface area contributed by atoms with Crippen molar-refractivity contribution in [2.24, 2.45) is 0 Å². The normalized spacial score (nSPS) is 10.8. The largest absolute Gasteiger partial charge is 0.487 e. The Kier molecular flexibility index (Phi) is 5.85. The van der Waals surface area contributed by atoms with Gasteiger partial charge in [0.1, 0.15) is 5.52 Å². The average Bonchev–Trinajstić information content (AvgIpc) is 3.17. The van der Waals surface area contributed by atoms with Crippen LogP contribution in [0.1, 0.15) is 17.3 Å². The zero-order valence-electron chi connectivity index (χ0n) is 16.3. The summed E-state index contributed by atoms with van der Waals surface area (Å²) in [5, 5.41) is 14.0. The van der Waals surface area contributed by atoms with Gasteiger partial charge >= 0.3 is 5.69 Å². The number of carbonyl (C=O) groups excluding carboxylic acids is 1. The van der Waals surface area contributed by atoms with Crippen LogP contribution >= 0.6 is 22.6 Å². The Morgan fingerprint density at radius 3 is 2.77 bits per heavy atom. The first-order valence-corrected chi connectivity index (χ1v) is 10.4. The van der Waals surface area contributed by atoms with Crippen LogP contribution in [0.2, 0.25) is 0 Å². The van der Waals surface area contributed by atoms with Gasteiger partial charge in [0.05, 0.1) is 11.5 Å². The van der Waals surface area contributed by atoms with Crippen molar-refractivity contribution in [1.29, 1.82) is 0 Å². The van der Waals surface area contributed by atoms with Gasteiger partial charge in [-0.3, -0.25) is 14.9 Å². The highest BCUT2D eigenvalue weighted by molar-refractivity contribution is 14.1. The molecular formula is C22H16IN3O5. The number of hydrogen-bond donors (Lipinski definition) is 1. The molecular weight excluding hydrogens is 513 g/mol. The van der Waals surface area contributed by atoms with Crippen LogP contribution < -0.4 is 10.1 Å². The number of carbonyl (C=O) groups is 1. The minimum absolute atomic E-state index is 0.121. The number of aromatic nitrogens is 1. The lowest BCUT2D eigenvalue weighted by molar-refractivity contribution is -0.385. The van der Waals surface area contributed by atoms with Gasteiger partial charge in [0.25, 0.3) is 5.91 Å². The predicted octanol–water partition coefficient (Wildman–Crippen LogP) is 5.66. The molecule has 0 atom stereocenters. The average molecular weight is 529 g/mol. The van der Waals surface area contributed by atoms with E-state index in [1.165, 1.54) is 18.2 Å². The van der Waals surface area contributed by atoms with Crippen LogP contribution in [0, 0.1) is 13.7 Å². The van der Waals surface area contributed by atoms with E-state index in [9.17, 15) is 14.9 Å².